The Balaban J connectivity index is 1.71. The first-order chi connectivity index (χ1) is 17.3. The average molecular weight is 509 g/mol. The molecule has 0 unspecified atom stereocenters. The minimum atomic E-state index is -3.75. The molecule has 0 spiro atoms. The van der Waals surface area contributed by atoms with Crippen LogP contribution < -0.4 is 4.74 Å². The van der Waals surface area contributed by atoms with E-state index in [-0.39, 0.29) is 24.5 Å². The SMILES string of the molecule is COC(=O)COc1cccc2c(CCS(=O)(=O)C(C)(c3ccccc3)c3ccccc3)c(CO)oc12. The van der Waals surface area contributed by atoms with E-state index in [1.807, 2.05) is 60.7 Å². The summed E-state index contributed by atoms with van der Waals surface area (Å²) >= 11 is 0. The molecule has 0 atom stereocenters. The number of carbonyl (C=O) groups is 1. The van der Waals surface area contributed by atoms with Crippen molar-refractivity contribution in [2.75, 3.05) is 19.5 Å². The topological polar surface area (TPSA) is 103 Å². The largest absolute Gasteiger partial charge is 0.478 e. The maximum absolute atomic E-state index is 14.0. The van der Waals surface area contributed by atoms with Gasteiger partial charge in [0.05, 0.1) is 12.9 Å². The van der Waals surface area contributed by atoms with Crippen LogP contribution in [-0.2, 0) is 37.1 Å². The molecule has 0 saturated carbocycles. The molecule has 1 N–H and O–H groups in total. The average Bonchev–Trinajstić information content (AvgIpc) is 3.29. The van der Waals surface area contributed by atoms with E-state index in [2.05, 4.69) is 4.74 Å². The van der Waals surface area contributed by atoms with Crippen molar-refractivity contribution in [2.24, 2.45) is 0 Å². The number of benzene rings is 3. The fraction of sp³-hybridized carbons (Fsp3) is 0.250. The third-order valence-corrected chi connectivity index (χ3v) is 8.93. The van der Waals surface area contributed by atoms with Crippen LogP contribution in [0.15, 0.2) is 83.3 Å². The molecule has 4 rings (SSSR count). The van der Waals surface area contributed by atoms with Crippen LogP contribution in [0.5, 0.6) is 5.75 Å². The normalized spacial score (nSPS) is 12.0. The predicted octanol–water partition coefficient (Wildman–Crippen LogP) is 4.40. The third kappa shape index (κ3) is 4.74. The third-order valence-electron chi connectivity index (χ3n) is 6.47. The van der Waals surface area contributed by atoms with Crippen LogP contribution in [0, 0.1) is 0 Å². The maximum atomic E-state index is 14.0. The van der Waals surface area contributed by atoms with Gasteiger partial charge in [0.1, 0.15) is 17.1 Å². The molecule has 0 aliphatic heterocycles. The van der Waals surface area contributed by atoms with Gasteiger partial charge in [-0.15, -0.1) is 0 Å². The molecule has 188 valence electrons. The second-order valence-electron chi connectivity index (χ2n) is 8.49. The lowest BCUT2D eigenvalue weighted by Gasteiger charge is -2.31. The summed E-state index contributed by atoms with van der Waals surface area (Å²) < 4.78 is 42.7. The van der Waals surface area contributed by atoms with Crippen LogP contribution in [0.2, 0.25) is 0 Å². The molecule has 0 bridgehead atoms. The van der Waals surface area contributed by atoms with E-state index in [4.69, 9.17) is 9.15 Å². The number of para-hydroxylation sites is 1. The van der Waals surface area contributed by atoms with E-state index in [1.165, 1.54) is 7.11 Å². The van der Waals surface area contributed by atoms with Gasteiger partial charge in [-0.3, -0.25) is 0 Å². The van der Waals surface area contributed by atoms with Crippen LogP contribution >= 0.6 is 0 Å². The van der Waals surface area contributed by atoms with Gasteiger partial charge >= 0.3 is 5.97 Å². The maximum Gasteiger partial charge on any atom is 0.343 e. The van der Waals surface area contributed by atoms with Crippen molar-refractivity contribution in [3.63, 3.8) is 0 Å². The summed E-state index contributed by atoms with van der Waals surface area (Å²) in [5.41, 5.74) is 2.28. The number of aliphatic hydroxyl groups excluding tert-OH is 1. The summed E-state index contributed by atoms with van der Waals surface area (Å²) in [6.07, 6.45) is 0.126. The van der Waals surface area contributed by atoms with Crippen molar-refractivity contribution in [1.82, 2.24) is 0 Å². The van der Waals surface area contributed by atoms with E-state index in [9.17, 15) is 18.3 Å². The van der Waals surface area contributed by atoms with Crippen molar-refractivity contribution in [3.05, 3.63) is 101 Å². The van der Waals surface area contributed by atoms with Crippen LogP contribution in [0.25, 0.3) is 11.0 Å². The van der Waals surface area contributed by atoms with Crippen LogP contribution in [-0.4, -0.2) is 39.0 Å². The molecule has 4 aromatic rings. The Bertz CT molecular complexity index is 1400. The number of sulfone groups is 1. The molecule has 0 radical (unpaired) electrons. The van der Waals surface area contributed by atoms with E-state index < -0.39 is 27.2 Å². The second kappa shape index (κ2) is 10.6. The lowest BCUT2D eigenvalue weighted by atomic mass is 9.92. The van der Waals surface area contributed by atoms with Crippen LogP contribution in [0.4, 0.5) is 0 Å². The van der Waals surface area contributed by atoms with Crippen molar-refractivity contribution in [1.29, 1.82) is 0 Å². The van der Waals surface area contributed by atoms with Gasteiger partial charge in [0, 0.05) is 10.9 Å². The lowest BCUT2D eigenvalue weighted by molar-refractivity contribution is -0.142. The molecule has 0 aliphatic carbocycles. The number of aliphatic hydroxyl groups is 1. The Hall–Kier alpha value is -3.62. The monoisotopic (exact) mass is 508 g/mol. The number of methoxy groups -OCH3 is 1. The Morgan fingerprint density at radius 1 is 0.944 bits per heavy atom. The van der Waals surface area contributed by atoms with Gasteiger partial charge in [-0.05, 0) is 30.5 Å². The number of fused-ring (bicyclic) bond motifs is 1. The molecule has 1 heterocycles. The minimum Gasteiger partial charge on any atom is -0.478 e. The predicted molar refractivity (Wildman–Crippen MR) is 136 cm³/mol. The number of aryl methyl sites for hydroxylation is 1. The molecule has 7 nitrogen and oxygen atoms in total. The molecular weight excluding hydrogens is 480 g/mol. The molecule has 36 heavy (non-hydrogen) atoms. The molecule has 3 aromatic carbocycles. The summed E-state index contributed by atoms with van der Waals surface area (Å²) in [6, 6.07) is 23.4. The zero-order chi connectivity index (χ0) is 25.8. The highest BCUT2D eigenvalue weighted by atomic mass is 32.2. The molecule has 0 amide bonds. The van der Waals surface area contributed by atoms with E-state index in [1.54, 1.807) is 25.1 Å². The fourth-order valence-corrected chi connectivity index (χ4v) is 6.26. The van der Waals surface area contributed by atoms with E-state index >= 15 is 0 Å². The zero-order valence-electron chi connectivity index (χ0n) is 20.1. The first kappa shape index (κ1) is 25.5. The zero-order valence-corrected chi connectivity index (χ0v) is 21.0. The van der Waals surface area contributed by atoms with Crippen molar-refractivity contribution in [2.45, 2.75) is 24.7 Å². The highest BCUT2D eigenvalue weighted by molar-refractivity contribution is 7.92. The van der Waals surface area contributed by atoms with Crippen LogP contribution in [0.1, 0.15) is 29.4 Å². The summed E-state index contributed by atoms with van der Waals surface area (Å²) in [4.78, 5) is 11.5. The lowest BCUT2D eigenvalue weighted by Crippen LogP contribution is -2.36. The number of furan rings is 1. The molecule has 0 saturated heterocycles. The standard InChI is InChI=1S/C28H28O7S/c1-28(20-10-5-3-6-11-20,21-12-7-4-8-13-21)36(31,32)17-16-22-23-14-9-15-24(34-19-26(30)33-2)27(23)35-25(22)18-29/h3-15,29H,16-19H2,1-2H3. The smallest absolute Gasteiger partial charge is 0.343 e. The number of carbonyl (C=O) groups excluding carboxylic acids is 1. The van der Waals surface area contributed by atoms with Crippen molar-refractivity contribution in [3.8, 4) is 5.75 Å². The van der Waals surface area contributed by atoms with Gasteiger partial charge in [0.15, 0.2) is 27.8 Å². The Morgan fingerprint density at radius 2 is 1.56 bits per heavy atom. The number of ether oxygens (including phenoxy) is 2. The van der Waals surface area contributed by atoms with Crippen molar-refractivity contribution < 1.29 is 32.2 Å². The second-order valence-corrected chi connectivity index (χ2v) is 10.9. The summed E-state index contributed by atoms with van der Waals surface area (Å²) in [6.45, 7) is 1.02. The number of hydrogen-bond acceptors (Lipinski definition) is 7. The molecule has 0 fully saturated rings. The molecule has 1 aromatic heterocycles. The Kier molecular flexibility index (Phi) is 7.47. The highest BCUT2D eigenvalue weighted by Crippen LogP contribution is 2.39. The van der Waals surface area contributed by atoms with Crippen molar-refractivity contribution >= 4 is 26.8 Å². The molecule has 8 heteroatoms. The Morgan fingerprint density at radius 3 is 2.11 bits per heavy atom. The first-order valence-corrected chi connectivity index (χ1v) is 13.1. The van der Waals surface area contributed by atoms with E-state index in [0.29, 0.717) is 33.4 Å². The number of rotatable bonds is 10. The summed E-state index contributed by atoms with van der Waals surface area (Å²) in [7, 11) is -2.48. The number of esters is 1. The van der Waals surface area contributed by atoms with Gasteiger partial charge in [-0.25, -0.2) is 13.2 Å². The fourth-order valence-electron chi connectivity index (χ4n) is 4.38. The Labute approximate surface area is 210 Å². The molecular formula is C28H28O7S. The first-order valence-electron chi connectivity index (χ1n) is 11.5. The van der Waals surface area contributed by atoms with Gasteiger partial charge in [-0.2, -0.15) is 0 Å². The summed E-state index contributed by atoms with van der Waals surface area (Å²) in [5.74, 6) is -0.161. The van der Waals surface area contributed by atoms with Gasteiger partial charge in [-0.1, -0.05) is 72.8 Å². The van der Waals surface area contributed by atoms with Gasteiger partial charge in [0.2, 0.25) is 0 Å². The number of hydrogen-bond donors (Lipinski definition) is 1. The van der Waals surface area contributed by atoms with Gasteiger partial charge < -0.3 is 19.0 Å². The summed E-state index contributed by atoms with van der Waals surface area (Å²) in [5, 5.41) is 10.6. The van der Waals surface area contributed by atoms with E-state index in [0.717, 1.165) is 0 Å². The van der Waals surface area contributed by atoms with Crippen LogP contribution in [0.3, 0.4) is 0 Å². The minimum absolute atomic E-state index is 0.126. The quantitative estimate of drug-likeness (QED) is 0.317. The highest BCUT2D eigenvalue weighted by Gasteiger charge is 2.42. The molecule has 0 aliphatic rings. The van der Waals surface area contributed by atoms with Gasteiger partial charge in [0.25, 0.3) is 0 Å².